The number of rotatable bonds is 6. The van der Waals surface area contributed by atoms with Crippen LogP contribution in [0.1, 0.15) is 24.8 Å². The van der Waals surface area contributed by atoms with E-state index in [-0.39, 0.29) is 11.8 Å². The first-order valence-electron chi connectivity index (χ1n) is 7.67. The van der Waals surface area contributed by atoms with Crippen LogP contribution >= 0.6 is 0 Å². The molecule has 22 heavy (non-hydrogen) atoms. The van der Waals surface area contributed by atoms with Crippen LogP contribution in [-0.2, 0) is 9.84 Å². The minimum atomic E-state index is -2.86. The highest BCUT2D eigenvalue weighted by atomic mass is 32.2. The molecule has 3 rings (SSSR count). The van der Waals surface area contributed by atoms with Gasteiger partial charge >= 0.3 is 0 Å². The molecule has 118 valence electrons. The molecule has 1 aliphatic heterocycles. The highest BCUT2D eigenvalue weighted by Crippen LogP contribution is 2.32. The second-order valence-electron chi connectivity index (χ2n) is 5.98. The summed E-state index contributed by atoms with van der Waals surface area (Å²) in [7, 11) is -2.86. The van der Waals surface area contributed by atoms with Crippen molar-refractivity contribution in [1.82, 2.24) is 4.90 Å². The van der Waals surface area contributed by atoms with Crippen molar-refractivity contribution in [3.8, 4) is 11.8 Å². The molecule has 0 bridgehead atoms. The number of benzene rings is 1. The molecule has 6 heteroatoms. The summed E-state index contributed by atoms with van der Waals surface area (Å²) in [5.74, 6) is 1.18. The van der Waals surface area contributed by atoms with E-state index >= 15 is 0 Å². The van der Waals surface area contributed by atoms with Gasteiger partial charge in [-0.25, -0.2) is 8.42 Å². The van der Waals surface area contributed by atoms with E-state index in [4.69, 9.17) is 10.00 Å². The first kappa shape index (κ1) is 15.3. The number of para-hydroxylation sites is 1. The van der Waals surface area contributed by atoms with Crippen LogP contribution in [0.5, 0.6) is 5.75 Å². The van der Waals surface area contributed by atoms with E-state index in [1.165, 1.54) is 0 Å². The SMILES string of the molecule is N#Cc1ccccc1OCCN(C1CC1)C1CCS(=O)(=O)C1. The lowest BCUT2D eigenvalue weighted by Crippen LogP contribution is -2.40. The molecule has 0 N–H and O–H groups in total. The number of nitriles is 1. The molecule has 0 aromatic heterocycles. The Morgan fingerprint density at radius 3 is 2.64 bits per heavy atom. The Labute approximate surface area is 131 Å². The van der Waals surface area contributed by atoms with Crippen molar-refractivity contribution >= 4 is 9.84 Å². The van der Waals surface area contributed by atoms with Gasteiger partial charge in [0.1, 0.15) is 18.4 Å². The second kappa shape index (κ2) is 6.27. The monoisotopic (exact) mass is 320 g/mol. The first-order chi connectivity index (χ1) is 10.6. The molecule has 1 saturated heterocycles. The maximum atomic E-state index is 11.7. The Bertz CT molecular complexity index is 677. The van der Waals surface area contributed by atoms with Gasteiger partial charge in [0.05, 0.1) is 17.1 Å². The van der Waals surface area contributed by atoms with Crippen LogP contribution in [0, 0.1) is 11.3 Å². The minimum absolute atomic E-state index is 0.132. The lowest BCUT2D eigenvalue weighted by molar-refractivity contribution is 0.162. The first-order valence-corrected chi connectivity index (χ1v) is 9.49. The molecule has 1 aliphatic carbocycles. The van der Waals surface area contributed by atoms with Crippen molar-refractivity contribution in [2.45, 2.75) is 31.3 Å². The van der Waals surface area contributed by atoms with E-state index in [9.17, 15) is 8.42 Å². The van der Waals surface area contributed by atoms with Crippen molar-refractivity contribution < 1.29 is 13.2 Å². The Morgan fingerprint density at radius 1 is 1.23 bits per heavy atom. The smallest absolute Gasteiger partial charge is 0.151 e. The van der Waals surface area contributed by atoms with Crippen molar-refractivity contribution in [3.63, 3.8) is 0 Å². The zero-order valence-electron chi connectivity index (χ0n) is 12.4. The van der Waals surface area contributed by atoms with Crippen LogP contribution in [0.25, 0.3) is 0 Å². The summed E-state index contributed by atoms with van der Waals surface area (Å²) in [6.45, 7) is 1.19. The molecule has 0 spiro atoms. The summed E-state index contributed by atoms with van der Waals surface area (Å²) in [6, 6.07) is 9.94. The summed E-state index contributed by atoms with van der Waals surface area (Å²) < 4.78 is 29.1. The van der Waals surface area contributed by atoms with Gasteiger partial charge in [-0.2, -0.15) is 5.26 Å². The topological polar surface area (TPSA) is 70.4 Å². The summed E-state index contributed by atoms with van der Waals surface area (Å²) in [6.07, 6.45) is 3.02. The van der Waals surface area contributed by atoms with E-state index in [2.05, 4.69) is 11.0 Å². The third-order valence-electron chi connectivity index (χ3n) is 4.31. The van der Waals surface area contributed by atoms with Gasteiger partial charge in [0.25, 0.3) is 0 Å². The predicted octanol–water partition coefficient (Wildman–Crippen LogP) is 1.59. The zero-order valence-corrected chi connectivity index (χ0v) is 13.3. The molecule has 2 aliphatic rings. The third-order valence-corrected chi connectivity index (χ3v) is 6.06. The Hall–Kier alpha value is -1.58. The number of hydrogen-bond donors (Lipinski definition) is 0. The van der Waals surface area contributed by atoms with Gasteiger partial charge in [-0.05, 0) is 31.4 Å². The summed E-state index contributed by atoms with van der Waals surface area (Å²) in [5, 5.41) is 9.05. The Balaban J connectivity index is 1.58. The molecule has 1 heterocycles. The van der Waals surface area contributed by atoms with Crippen molar-refractivity contribution in [1.29, 1.82) is 5.26 Å². The van der Waals surface area contributed by atoms with Crippen molar-refractivity contribution in [3.05, 3.63) is 29.8 Å². The van der Waals surface area contributed by atoms with Crippen LogP contribution in [0.2, 0.25) is 0 Å². The van der Waals surface area contributed by atoms with Crippen LogP contribution in [0.3, 0.4) is 0 Å². The highest BCUT2D eigenvalue weighted by Gasteiger charge is 2.39. The molecule has 0 radical (unpaired) electrons. The van der Waals surface area contributed by atoms with E-state index in [1.54, 1.807) is 12.1 Å². The molecule has 1 aromatic carbocycles. The molecule has 1 saturated carbocycles. The second-order valence-corrected chi connectivity index (χ2v) is 8.21. The van der Waals surface area contributed by atoms with Gasteiger partial charge in [-0.3, -0.25) is 4.90 Å². The molecule has 2 fully saturated rings. The summed E-state index contributed by atoms with van der Waals surface area (Å²) >= 11 is 0. The highest BCUT2D eigenvalue weighted by molar-refractivity contribution is 7.91. The van der Waals surface area contributed by atoms with Gasteiger partial charge in [0.15, 0.2) is 9.84 Å². The fourth-order valence-electron chi connectivity index (χ4n) is 3.05. The summed E-state index contributed by atoms with van der Waals surface area (Å²) in [4.78, 5) is 2.29. The van der Waals surface area contributed by atoms with Gasteiger partial charge in [0.2, 0.25) is 0 Å². The number of hydrogen-bond acceptors (Lipinski definition) is 5. The largest absolute Gasteiger partial charge is 0.491 e. The van der Waals surface area contributed by atoms with E-state index in [0.717, 1.165) is 19.3 Å². The maximum Gasteiger partial charge on any atom is 0.151 e. The quantitative estimate of drug-likeness (QED) is 0.796. The molecule has 1 unspecified atom stereocenters. The Morgan fingerprint density at radius 2 is 2.00 bits per heavy atom. The molecule has 5 nitrogen and oxygen atoms in total. The Kier molecular flexibility index (Phi) is 4.37. The van der Waals surface area contributed by atoms with E-state index < -0.39 is 9.84 Å². The molecule has 1 aromatic rings. The number of ether oxygens (including phenoxy) is 1. The zero-order chi connectivity index (χ0) is 15.6. The van der Waals surface area contributed by atoms with Gasteiger partial charge in [-0.1, -0.05) is 12.1 Å². The van der Waals surface area contributed by atoms with Crippen molar-refractivity contribution in [2.75, 3.05) is 24.7 Å². The molecular weight excluding hydrogens is 300 g/mol. The van der Waals surface area contributed by atoms with Gasteiger partial charge in [-0.15, -0.1) is 0 Å². The van der Waals surface area contributed by atoms with E-state index in [0.29, 0.717) is 36.3 Å². The average molecular weight is 320 g/mol. The average Bonchev–Trinajstić information content (AvgIpc) is 3.27. The van der Waals surface area contributed by atoms with Crippen LogP contribution in [0.15, 0.2) is 24.3 Å². The number of sulfone groups is 1. The number of nitrogens with zero attached hydrogens (tertiary/aromatic N) is 2. The van der Waals surface area contributed by atoms with Crippen LogP contribution < -0.4 is 4.74 Å². The fourth-order valence-corrected chi connectivity index (χ4v) is 4.79. The third kappa shape index (κ3) is 3.60. The fraction of sp³-hybridized carbons (Fsp3) is 0.562. The van der Waals surface area contributed by atoms with Crippen molar-refractivity contribution in [2.24, 2.45) is 0 Å². The lowest BCUT2D eigenvalue weighted by atomic mass is 10.2. The van der Waals surface area contributed by atoms with Crippen LogP contribution in [-0.4, -0.2) is 50.1 Å². The maximum absolute atomic E-state index is 11.7. The predicted molar refractivity (Wildman–Crippen MR) is 83.4 cm³/mol. The van der Waals surface area contributed by atoms with Gasteiger partial charge in [0, 0.05) is 18.6 Å². The molecular formula is C16H20N2O3S. The molecule has 0 amide bonds. The molecule has 1 atom stereocenters. The standard InChI is InChI=1S/C16H20N2O3S/c17-11-13-3-1-2-4-16(13)21-9-8-18(14-5-6-14)15-7-10-22(19,20)12-15/h1-4,14-15H,5-10,12H2. The normalized spacial score (nSPS) is 23.4. The van der Waals surface area contributed by atoms with Gasteiger partial charge < -0.3 is 4.74 Å². The minimum Gasteiger partial charge on any atom is -0.491 e. The van der Waals surface area contributed by atoms with Crippen LogP contribution in [0.4, 0.5) is 0 Å². The summed E-state index contributed by atoms with van der Waals surface area (Å²) in [5.41, 5.74) is 0.531. The van der Waals surface area contributed by atoms with E-state index in [1.807, 2.05) is 12.1 Å². The lowest BCUT2D eigenvalue weighted by Gasteiger charge is -2.27.